The van der Waals surface area contributed by atoms with Crippen LogP contribution < -0.4 is 20.1 Å². The molecular weight excluding hydrogens is 348 g/mol. The standard InChI is InChI=1S/C20H32N2O5/c1-13(2)11-16(22-20(24)27-14(3)4)19(23)21-15(5)12-26-18-10-8-7-9-17(18)25-6/h7-10,13-16H,11-12H2,1-6H3,(H,21,23)(H,22,24). The lowest BCUT2D eigenvalue weighted by Gasteiger charge is -2.23. The zero-order valence-electron chi connectivity index (χ0n) is 17.1. The molecule has 1 rings (SSSR count). The van der Waals surface area contributed by atoms with Gasteiger partial charge in [0.25, 0.3) is 0 Å². The molecule has 0 bridgehead atoms. The molecule has 0 spiro atoms. The third-order valence-electron chi connectivity index (χ3n) is 3.60. The lowest BCUT2D eigenvalue weighted by atomic mass is 10.0. The highest BCUT2D eigenvalue weighted by molar-refractivity contribution is 5.85. The molecule has 0 heterocycles. The van der Waals surface area contributed by atoms with Gasteiger partial charge >= 0.3 is 6.09 Å². The normalized spacial score (nSPS) is 13.0. The van der Waals surface area contributed by atoms with E-state index in [1.807, 2.05) is 39.0 Å². The number of methoxy groups -OCH3 is 1. The van der Waals surface area contributed by atoms with Gasteiger partial charge in [0.2, 0.25) is 5.91 Å². The Morgan fingerprint density at radius 3 is 2.19 bits per heavy atom. The summed E-state index contributed by atoms with van der Waals surface area (Å²) in [6.07, 6.45) is -0.330. The third kappa shape index (κ3) is 8.66. The molecule has 0 saturated carbocycles. The van der Waals surface area contributed by atoms with Crippen molar-refractivity contribution >= 4 is 12.0 Å². The molecule has 1 aromatic rings. The van der Waals surface area contributed by atoms with Crippen molar-refractivity contribution < 1.29 is 23.8 Å². The Morgan fingerprint density at radius 1 is 1.00 bits per heavy atom. The number of para-hydroxylation sites is 2. The fourth-order valence-corrected chi connectivity index (χ4v) is 2.43. The monoisotopic (exact) mass is 380 g/mol. The van der Waals surface area contributed by atoms with Crippen LogP contribution in [0.2, 0.25) is 0 Å². The van der Waals surface area contributed by atoms with E-state index >= 15 is 0 Å². The molecule has 152 valence electrons. The van der Waals surface area contributed by atoms with Crippen molar-refractivity contribution in [3.8, 4) is 11.5 Å². The number of carbonyl (C=O) groups excluding carboxylic acids is 2. The molecule has 2 unspecified atom stereocenters. The summed E-state index contributed by atoms with van der Waals surface area (Å²) < 4.78 is 16.1. The minimum atomic E-state index is -0.662. The Hall–Kier alpha value is -2.44. The number of amides is 2. The van der Waals surface area contributed by atoms with Gasteiger partial charge < -0.3 is 24.8 Å². The average molecular weight is 380 g/mol. The lowest BCUT2D eigenvalue weighted by Crippen LogP contribution is -2.51. The van der Waals surface area contributed by atoms with E-state index in [1.165, 1.54) is 0 Å². The van der Waals surface area contributed by atoms with Gasteiger partial charge in [-0.3, -0.25) is 4.79 Å². The third-order valence-corrected chi connectivity index (χ3v) is 3.60. The Bertz CT molecular complexity index is 604. The van der Waals surface area contributed by atoms with Crippen LogP contribution in [0, 0.1) is 5.92 Å². The first kappa shape index (κ1) is 22.6. The molecule has 2 N–H and O–H groups in total. The maximum absolute atomic E-state index is 12.6. The van der Waals surface area contributed by atoms with Gasteiger partial charge in [-0.05, 0) is 45.2 Å². The molecule has 0 radical (unpaired) electrons. The van der Waals surface area contributed by atoms with Crippen LogP contribution in [0.3, 0.4) is 0 Å². The smallest absolute Gasteiger partial charge is 0.408 e. The van der Waals surface area contributed by atoms with Crippen LogP contribution in [0.1, 0.15) is 41.0 Å². The van der Waals surface area contributed by atoms with Crippen LogP contribution in [0.25, 0.3) is 0 Å². The minimum Gasteiger partial charge on any atom is -0.493 e. The summed E-state index contributed by atoms with van der Waals surface area (Å²) in [6, 6.07) is 6.41. The number of rotatable bonds is 10. The second-order valence-electron chi connectivity index (χ2n) is 7.15. The van der Waals surface area contributed by atoms with Crippen LogP contribution >= 0.6 is 0 Å². The summed E-state index contributed by atoms with van der Waals surface area (Å²) in [5.74, 6) is 1.21. The zero-order valence-corrected chi connectivity index (χ0v) is 17.1. The number of benzene rings is 1. The predicted molar refractivity (Wildman–Crippen MR) is 104 cm³/mol. The Kier molecular flexibility index (Phi) is 9.47. The van der Waals surface area contributed by atoms with E-state index in [2.05, 4.69) is 10.6 Å². The summed E-state index contributed by atoms with van der Waals surface area (Å²) in [5.41, 5.74) is 0. The summed E-state index contributed by atoms with van der Waals surface area (Å²) in [7, 11) is 1.58. The van der Waals surface area contributed by atoms with Crippen molar-refractivity contribution in [3.63, 3.8) is 0 Å². The van der Waals surface area contributed by atoms with E-state index in [0.717, 1.165) is 0 Å². The van der Waals surface area contributed by atoms with Gasteiger partial charge in [-0.15, -0.1) is 0 Å². The van der Waals surface area contributed by atoms with Crippen molar-refractivity contribution in [1.82, 2.24) is 10.6 Å². The Balaban J connectivity index is 2.61. The van der Waals surface area contributed by atoms with E-state index in [-0.39, 0.29) is 30.6 Å². The topological polar surface area (TPSA) is 85.9 Å². The summed E-state index contributed by atoms with van der Waals surface area (Å²) >= 11 is 0. The van der Waals surface area contributed by atoms with E-state index in [0.29, 0.717) is 17.9 Å². The second kappa shape index (κ2) is 11.3. The van der Waals surface area contributed by atoms with E-state index in [4.69, 9.17) is 14.2 Å². The molecule has 7 heteroatoms. The first-order chi connectivity index (χ1) is 12.7. The maximum atomic E-state index is 12.6. The van der Waals surface area contributed by atoms with Gasteiger partial charge in [-0.25, -0.2) is 4.79 Å². The van der Waals surface area contributed by atoms with Crippen LogP contribution in [-0.4, -0.2) is 43.9 Å². The Labute approximate surface area is 161 Å². The van der Waals surface area contributed by atoms with E-state index in [9.17, 15) is 9.59 Å². The zero-order chi connectivity index (χ0) is 20.4. The second-order valence-corrected chi connectivity index (χ2v) is 7.15. The number of alkyl carbamates (subject to hydrolysis) is 1. The largest absolute Gasteiger partial charge is 0.493 e. The molecule has 7 nitrogen and oxygen atoms in total. The van der Waals surface area contributed by atoms with Gasteiger partial charge in [-0.2, -0.15) is 0 Å². The number of ether oxygens (including phenoxy) is 3. The molecule has 0 fully saturated rings. The minimum absolute atomic E-state index is 0.236. The first-order valence-corrected chi connectivity index (χ1v) is 9.26. The predicted octanol–water partition coefficient (Wildman–Crippen LogP) is 3.13. The lowest BCUT2D eigenvalue weighted by molar-refractivity contribution is -0.124. The molecule has 27 heavy (non-hydrogen) atoms. The molecule has 2 amide bonds. The molecule has 0 aromatic heterocycles. The number of carbonyl (C=O) groups is 2. The quantitative estimate of drug-likeness (QED) is 0.651. The van der Waals surface area contributed by atoms with Crippen molar-refractivity contribution in [1.29, 1.82) is 0 Å². The molecule has 0 aliphatic rings. The maximum Gasteiger partial charge on any atom is 0.408 e. The molecule has 0 aliphatic heterocycles. The van der Waals surface area contributed by atoms with Crippen molar-refractivity contribution in [2.45, 2.75) is 59.2 Å². The highest BCUT2D eigenvalue weighted by Crippen LogP contribution is 2.25. The van der Waals surface area contributed by atoms with Crippen molar-refractivity contribution in [3.05, 3.63) is 24.3 Å². The van der Waals surface area contributed by atoms with Crippen molar-refractivity contribution in [2.24, 2.45) is 5.92 Å². The fraction of sp³-hybridized carbons (Fsp3) is 0.600. The summed E-state index contributed by atoms with van der Waals surface area (Å²) in [6.45, 7) is 9.61. The summed E-state index contributed by atoms with van der Waals surface area (Å²) in [5, 5.41) is 5.52. The molecular formula is C20H32N2O5. The van der Waals surface area contributed by atoms with Gasteiger partial charge in [0.1, 0.15) is 12.6 Å². The van der Waals surface area contributed by atoms with Crippen LogP contribution in [0.15, 0.2) is 24.3 Å². The Morgan fingerprint density at radius 2 is 1.63 bits per heavy atom. The highest BCUT2D eigenvalue weighted by Gasteiger charge is 2.24. The molecule has 0 saturated heterocycles. The number of nitrogens with one attached hydrogen (secondary N) is 2. The fourth-order valence-electron chi connectivity index (χ4n) is 2.43. The van der Waals surface area contributed by atoms with Crippen molar-refractivity contribution in [2.75, 3.05) is 13.7 Å². The molecule has 1 aromatic carbocycles. The van der Waals surface area contributed by atoms with Gasteiger partial charge in [0, 0.05) is 0 Å². The van der Waals surface area contributed by atoms with Crippen LogP contribution in [0.4, 0.5) is 4.79 Å². The SMILES string of the molecule is COc1ccccc1OCC(C)NC(=O)C(CC(C)C)NC(=O)OC(C)C. The number of hydrogen-bond donors (Lipinski definition) is 2. The van der Waals surface area contributed by atoms with Crippen LogP contribution in [0.5, 0.6) is 11.5 Å². The molecule has 0 aliphatic carbocycles. The van der Waals surface area contributed by atoms with Crippen LogP contribution in [-0.2, 0) is 9.53 Å². The van der Waals surface area contributed by atoms with Gasteiger partial charge in [0.15, 0.2) is 11.5 Å². The van der Waals surface area contributed by atoms with Gasteiger partial charge in [-0.1, -0.05) is 26.0 Å². The molecule has 2 atom stereocenters. The summed E-state index contributed by atoms with van der Waals surface area (Å²) in [4.78, 5) is 24.4. The average Bonchev–Trinajstić information content (AvgIpc) is 2.58. The first-order valence-electron chi connectivity index (χ1n) is 9.26. The number of hydrogen-bond acceptors (Lipinski definition) is 5. The highest BCUT2D eigenvalue weighted by atomic mass is 16.6. The van der Waals surface area contributed by atoms with E-state index in [1.54, 1.807) is 27.0 Å². The van der Waals surface area contributed by atoms with E-state index < -0.39 is 12.1 Å². The van der Waals surface area contributed by atoms with Gasteiger partial charge in [0.05, 0.1) is 19.3 Å².